The molecule has 1 aliphatic rings. The molecule has 2 N–H and O–H groups in total. The Morgan fingerprint density at radius 2 is 1.57 bits per heavy atom. The molecule has 0 radical (unpaired) electrons. The van der Waals surface area contributed by atoms with E-state index in [0.29, 0.717) is 17.1 Å². The third-order valence-electron chi connectivity index (χ3n) is 6.53. The molecule has 0 aliphatic carbocycles. The lowest BCUT2D eigenvalue weighted by Gasteiger charge is -2.19. The van der Waals surface area contributed by atoms with Gasteiger partial charge in [-0.2, -0.15) is 0 Å². The lowest BCUT2D eigenvalue weighted by Crippen LogP contribution is -2.14. The summed E-state index contributed by atoms with van der Waals surface area (Å²) in [6.45, 7) is 6.47. The maximum absolute atomic E-state index is 12.8. The van der Waals surface area contributed by atoms with Crippen LogP contribution < -0.4 is 10.6 Å². The summed E-state index contributed by atoms with van der Waals surface area (Å²) in [5.41, 5.74) is 6.17. The first-order chi connectivity index (χ1) is 17.9. The van der Waals surface area contributed by atoms with Crippen LogP contribution in [0, 0.1) is 0 Å². The maximum Gasteiger partial charge on any atom is 0.255 e. The highest BCUT2D eigenvalue weighted by Crippen LogP contribution is 2.39. The summed E-state index contributed by atoms with van der Waals surface area (Å²) in [7, 11) is 0. The van der Waals surface area contributed by atoms with Crippen LogP contribution in [0.5, 0.6) is 0 Å². The van der Waals surface area contributed by atoms with Gasteiger partial charge in [-0.25, -0.2) is 4.98 Å². The minimum absolute atomic E-state index is 0.0411. The van der Waals surface area contributed by atoms with Gasteiger partial charge in [0.25, 0.3) is 5.91 Å². The molecular weight excluding hydrogens is 460 g/mol. The van der Waals surface area contributed by atoms with Crippen molar-refractivity contribution in [2.45, 2.75) is 26.2 Å². The minimum Gasteiger partial charge on any atom is -0.338 e. The van der Waals surface area contributed by atoms with E-state index in [0.717, 1.165) is 34.1 Å². The first-order valence-electron chi connectivity index (χ1n) is 12.2. The number of carbonyl (C=O) groups is 1. The lowest BCUT2D eigenvalue weighted by molar-refractivity contribution is 0.102. The predicted molar refractivity (Wildman–Crippen MR) is 146 cm³/mol. The van der Waals surface area contributed by atoms with Crippen LogP contribution in [0.25, 0.3) is 28.5 Å². The van der Waals surface area contributed by atoms with E-state index < -0.39 is 0 Å². The third kappa shape index (κ3) is 4.14. The van der Waals surface area contributed by atoms with E-state index in [4.69, 9.17) is 0 Å². The number of benzene rings is 3. The molecule has 0 saturated heterocycles. The van der Waals surface area contributed by atoms with Gasteiger partial charge in [0.15, 0.2) is 17.5 Å². The maximum atomic E-state index is 12.8. The van der Waals surface area contributed by atoms with Crippen molar-refractivity contribution in [2.75, 3.05) is 10.6 Å². The van der Waals surface area contributed by atoms with Crippen molar-refractivity contribution in [3.8, 4) is 28.5 Å². The molecule has 0 unspecified atom stereocenters. The van der Waals surface area contributed by atoms with E-state index in [1.807, 2.05) is 89.5 Å². The van der Waals surface area contributed by atoms with E-state index in [1.54, 1.807) is 6.20 Å². The first kappa shape index (κ1) is 22.7. The van der Waals surface area contributed by atoms with Crippen LogP contribution in [0.2, 0.25) is 0 Å². The Kier molecular flexibility index (Phi) is 5.34. The molecule has 0 atom stereocenters. The molecule has 0 fully saturated rings. The number of fused-ring (bicyclic) bond motifs is 5. The summed E-state index contributed by atoms with van der Waals surface area (Å²) < 4.78 is 2.02. The Morgan fingerprint density at radius 1 is 0.838 bits per heavy atom. The van der Waals surface area contributed by atoms with Gasteiger partial charge in [0, 0.05) is 28.6 Å². The molecule has 5 aromatic rings. The first-order valence-corrected chi connectivity index (χ1v) is 12.2. The number of pyridine rings is 1. The summed E-state index contributed by atoms with van der Waals surface area (Å²) in [6.07, 6.45) is 1.76. The highest BCUT2D eigenvalue weighted by molar-refractivity contribution is 6.04. The van der Waals surface area contributed by atoms with Crippen LogP contribution in [0.4, 0.5) is 17.2 Å². The number of para-hydroxylation sites is 1. The Balaban J connectivity index is 1.31. The van der Waals surface area contributed by atoms with Gasteiger partial charge in [0.05, 0.1) is 11.4 Å². The summed E-state index contributed by atoms with van der Waals surface area (Å²) in [5.74, 6) is 2.02. The molecule has 0 spiro atoms. The van der Waals surface area contributed by atoms with Crippen LogP contribution in [0.1, 0.15) is 36.7 Å². The molecule has 3 heterocycles. The second-order valence-electron chi connectivity index (χ2n) is 10.1. The van der Waals surface area contributed by atoms with Crippen LogP contribution in [0.3, 0.4) is 0 Å². The number of nitrogens with zero attached hydrogens (tertiary/aromatic N) is 4. The number of carbonyl (C=O) groups excluding carboxylic acids is 1. The monoisotopic (exact) mass is 486 g/mol. The molecular formula is C30H26N6O. The van der Waals surface area contributed by atoms with E-state index in [2.05, 4.69) is 46.6 Å². The van der Waals surface area contributed by atoms with Gasteiger partial charge in [0.2, 0.25) is 0 Å². The average molecular weight is 487 g/mol. The largest absolute Gasteiger partial charge is 0.338 e. The molecule has 0 saturated carbocycles. The second-order valence-corrected chi connectivity index (χ2v) is 10.1. The zero-order valence-corrected chi connectivity index (χ0v) is 20.9. The predicted octanol–water partition coefficient (Wildman–Crippen LogP) is 6.60. The van der Waals surface area contributed by atoms with Crippen molar-refractivity contribution in [3.63, 3.8) is 0 Å². The number of amides is 1. The second kappa shape index (κ2) is 8.71. The fourth-order valence-electron chi connectivity index (χ4n) is 4.49. The van der Waals surface area contributed by atoms with E-state index in [1.165, 1.54) is 5.56 Å². The zero-order valence-electron chi connectivity index (χ0n) is 20.9. The molecule has 0 bridgehead atoms. The van der Waals surface area contributed by atoms with Gasteiger partial charge >= 0.3 is 0 Å². The van der Waals surface area contributed by atoms with E-state index in [9.17, 15) is 4.79 Å². The van der Waals surface area contributed by atoms with Crippen LogP contribution in [0.15, 0.2) is 91.1 Å². The minimum atomic E-state index is -0.146. The molecule has 3 aromatic carbocycles. The Hall–Kier alpha value is -4.78. The molecule has 1 aliphatic heterocycles. The van der Waals surface area contributed by atoms with Crippen molar-refractivity contribution in [2.24, 2.45) is 0 Å². The van der Waals surface area contributed by atoms with Crippen molar-refractivity contribution < 1.29 is 4.79 Å². The van der Waals surface area contributed by atoms with Gasteiger partial charge in [-0.1, -0.05) is 45.0 Å². The van der Waals surface area contributed by atoms with E-state index >= 15 is 0 Å². The van der Waals surface area contributed by atoms with Gasteiger partial charge in [-0.15, -0.1) is 10.2 Å². The smallest absolute Gasteiger partial charge is 0.255 e. The Bertz CT molecular complexity index is 1610. The van der Waals surface area contributed by atoms with Crippen LogP contribution >= 0.6 is 0 Å². The molecule has 1 amide bonds. The molecule has 7 nitrogen and oxygen atoms in total. The number of rotatable bonds is 3. The lowest BCUT2D eigenvalue weighted by atomic mass is 9.87. The highest BCUT2D eigenvalue weighted by Gasteiger charge is 2.25. The van der Waals surface area contributed by atoms with Crippen LogP contribution in [-0.4, -0.2) is 25.7 Å². The molecule has 37 heavy (non-hydrogen) atoms. The van der Waals surface area contributed by atoms with Gasteiger partial charge < -0.3 is 10.6 Å². The van der Waals surface area contributed by atoms with E-state index in [-0.39, 0.29) is 11.3 Å². The third-order valence-corrected chi connectivity index (χ3v) is 6.53. The summed E-state index contributed by atoms with van der Waals surface area (Å²) in [5, 5.41) is 15.5. The quantitative estimate of drug-likeness (QED) is 0.294. The number of aromatic nitrogens is 4. The summed E-state index contributed by atoms with van der Waals surface area (Å²) in [6, 6.07) is 27.3. The fourth-order valence-corrected chi connectivity index (χ4v) is 4.49. The fraction of sp³-hybridized carbons (Fsp3) is 0.133. The molecule has 7 heteroatoms. The van der Waals surface area contributed by atoms with Gasteiger partial charge in [-0.3, -0.25) is 9.36 Å². The number of hydrogen-bond acceptors (Lipinski definition) is 5. The Morgan fingerprint density at radius 3 is 2.32 bits per heavy atom. The van der Waals surface area contributed by atoms with Crippen molar-refractivity contribution in [3.05, 3.63) is 102 Å². The van der Waals surface area contributed by atoms with Crippen LogP contribution in [-0.2, 0) is 5.41 Å². The SMILES string of the molecule is CC(C)(C)c1ccc(C(=O)Nc2ccc(-c3nnc4n3-c3cccnc3Nc3ccccc3-4)cc2)cc1. The average Bonchev–Trinajstić information content (AvgIpc) is 3.28. The topological polar surface area (TPSA) is 84.7 Å². The Labute approximate surface area is 215 Å². The number of hydrogen-bond donors (Lipinski definition) is 2. The summed E-state index contributed by atoms with van der Waals surface area (Å²) in [4.78, 5) is 17.4. The van der Waals surface area contributed by atoms with Crippen molar-refractivity contribution in [1.82, 2.24) is 19.7 Å². The molecule has 2 aromatic heterocycles. The number of nitrogens with one attached hydrogen (secondary N) is 2. The van der Waals surface area contributed by atoms with Crippen molar-refractivity contribution in [1.29, 1.82) is 0 Å². The zero-order chi connectivity index (χ0) is 25.6. The number of anilines is 3. The highest BCUT2D eigenvalue weighted by atomic mass is 16.1. The van der Waals surface area contributed by atoms with Gasteiger partial charge in [-0.05, 0) is 71.6 Å². The van der Waals surface area contributed by atoms with Crippen molar-refractivity contribution >= 4 is 23.1 Å². The molecule has 6 rings (SSSR count). The standard InChI is InChI=1S/C30H26N6O/c1-30(2,3)21-14-10-20(11-15-21)29(37)32-22-16-12-19(13-17-22)27-34-35-28-23-7-4-5-8-24(23)33-26-25(36(27)28)9-6-18-31-26/h4-18H,1-3H3,(H,31,33)(H,32,37). The summed E-state index contributed by atoms with van der Waals surface area (Å²) >= 11 is 0. The normalized spacial score (nSPS) is 12.0. The molecule has 182 valence electrons. The van der Waals surface area contributed by atoms with Gasteiger partial charge in [0.1, 0.15) is 0 Å².